The van der Waals surface area contributed by atoms with Crippen LogP contribution >= 0.6 is 0 Å². The van der Waals surface area contributed by atoms with E-state index in [9.17, 15) is 4.21 Å². The van der Waals surface area contributed by atoms with E-state index in [-0.39, 0.29) is 5.25 Å². The van der Waals surface area contributed by atoms with E-state index in [4.69, 9.17) is 5.73 Å². The van der Waals surface area contributed by atoms with E-state index >= 15 is 0 Å². The molecule has 0 amide bonds. The molecule has 0 bridgehead atoms. The zero-order valence-corrected chi connectivity index (χ0v) is 11.1. The van der Waals surface area contributed by atoms with Crippen LogP contribution in [0.1, 0.15) is 30.9 Å². The Morgan fingerprint density at radius 3 is 2.50 bits per heavy atom. The topological polar surface area (TPSA) is 43.1 Å². The van der Waals surface area contributed by atoms with Gasteiger partial charge in [-0.2, -0.15) is 0 Å². The van der Waals surface area contributed by atoms with Crippen LogP contribution in [0.25, 0.3) is 0 Å². The molecule has 16 heavy (non-hydrogen) atoms. The second-order valence-electron chi connectivity index (χ2n) is 4.15. The molecule has 0 aliphatic carbocycles. The maximum absolute atomic E-state index is 12.3. The maximum atomic E-state index is 12.3. The van der Waals surface area contributed by atoms with Gasteiger partial charge in [0.25, 0.3) is 0 Å². The summed E-state index contributed by atoms with van der Waals surface area (Å²) in [6, 6.07) is 6.04. The highest BCUT2D eigenvalue weighted by atomic mass is 32.2. The van der Waals surface area contributed by atoms with Gasteiger partial charge in [-0.15, -0.1) is 0 Å². The van der Waals surface area contributed by atoms with E-state index in [0.717, 1.165) is 17.7 Å². The summed E-state index contributed by atoms with van der Waals surface area (Å²) in [7, 11) is -0.920. The summed E-state index contributed by atoms with van der Waals surface area (Å²) >= 11 is 0. The Bertz CT molecular complexity index is 376. The quantitative estimate of drug-likeness (QED) is 0.858. The molecule has 0 heterocycles. The lowest BCUT2D eigenvalue weighted by Crippen LogP contribution is -2.19. The summed E-state index contributed by atoms with van der Waals surface area (Å²) in [6.07, 6.45) is 1.74. The van der Waals surface area contributed by atoms with Crippen molar-refractivity contribution in [1.29, 1.82) is 0 Å². The second-order valence-corrected chi connectivity index (χ2v) is 5.88. The number of hydrogen-bond acceptors (Lipinski definition) is 2. The third kappa shape index (κ3) is 3.16. The minimum Gasteiger partial charge on any atom is -0.330 e. The molecule has 2 nitrogen and oxygen atoms in total. The highest BCUT2D eigenvalue weighted by Crippen LogP contribution is 2.19. The van der Waals surface area contributed by atoms with Gasteiger partial charge in [0.15, 0.2) is 0 Å². The first-order valence-corrected chi connectivity index (χ1v) is 6.99. The van der Waals surface area contributed by atoms with E-state index in [1.807, 2.05) is 18.2 Å². The summed E-state index contributed by atoms with van der Waals surface area (Å²) in [5.74, 6) is 0. The molecule has 0 saturated heterocycles. The van der Waals surface area contributed by atoms with Crippen molar-refractivity contribution in [3.05, 3.63) is 29.3 Å². The fraction of sp³-hybridized carbons (Fsp3) is 0.538. The smallest absolute Gasteiger partial charge is 0.0561 e. The highest BCUT2D eigenvalue weighted by Gasteiger charge is 2.15. The number of aryl methyl sites for hydroxylation is 2. The van der Waals surface area contributed by atoms with E-state index in [2.05, 4.69) is 20.8 Å². The van der Waals surface area contributed by atoms with Crippen molar-refractivity contribution >= 4 is 10.8 Å². The van der Waals surface area contributed by atoms with E-state index in [0.29, 0.717) is 6.54 Å². The molecule has 1 aromatic carbocycles. The van der Waals surface area contributed by atoms with Crippen molar-refractivity contribution in [2.24, 2.45) is 5.73 Å². The second kappa shape index (κ2) is 6.16. The van der Waals surface area contributed by atoms with E-state index in [1.165, 1.54) is 11.1 Å². The van der Waals surface area contributed by atoms with Crippen LogP contribution in [0.3, 0.4) is 0 Å². The average Bonchev–Trinajstić information content (AvgIpc) is 2.28. The largest absolute Gasteiger partial charge is 0.330 e. The molecule has 0 radical (unpaired) electrons. The van der Waals surface area contributed by atoms with Gasteiger partial charge in [0.05, 0.1) is 10.8 Å². The number of benzene rings is 1. The summed E-state index contributed by atoms with van der Waals surface area (Å²) in [5, 5.41) is 0.187. The normalized spacial score (nSPS) is 14.8. The summed E-state index contributed by atoms with van der Waals surface area (Å²) in [6.45, 7) is 6.80. The van der Waals surface area contributed by atoms with Gasteiger partial charge in [-0.25, -0.2) is 0 Å². The summed E-state index contributed by atoms with van der Waals surface area (Å²) in [5.41, 5.74) is 7.99. The lowest BCUT2D eigenvalue weighted by Gasteiger charge is -2.14. The van der Waals surface area contributed by atoms with Crippen molar-refractivity contribution in [2.45, 2.75) is 43.8 Å². The molecule has 2 unspecified atom stereocenters. The highest BCUT2D eigenvalue weighted by molar-refractivity contribution is 7.85. The molecule has 90 valence electrons. The molecule has 0 fully saturated rings. The molecule has 1 rings (SSSR count). The minimum absolute atomic E-state index is 0.187. The van der Waals surface area contributed by atoms with Gasteiger partial charge in [-0.1, -0.05) is 13.0 Å². The van der Waals surface area contributed by atoms with Crippen molar-refractivity contribution in [3.8, 4) is 0 Å². The zero-order valence-electron chi connectivity index (χ0n) is 10.3. The predicted octanol–water partition coefficient (Wildman–Crippen LogP) is 2.54. The van der Waals surface area contributed by atoms with Crippen LogP contribution in [-0.4, -0.2) is 16.0 Å². The zero-order chi connectivity index (χ0) is 12.1. The van der Waals surface area contributed by atoms with Gasteiger partial charge >= 0.3 is 0 Å². The first-order valence-electron chi connectivity index (χ1n) is 5.78. The van der Waals surface area contributed by atoms with Crippen LogP contribution in [0.5, 0.6) is 0 Å². The van der Waals surface area contributed by atoms with Crippen LogP contribution in [0, 0.1) is 13.8 Å². The van der Waals surface area contributed by atoms with Gasteiger partial charge in [-0.05, 0) is 56.5 Å². The Kier molecular flexibility index (Phi) is 5.16. The fourth-order valence-corrected chi connectivity index (χ4v) is 3.21. The third-order valence-corrected chi connectivity index (χ3v) is 4.85. The monoisotopic (exact) mass is 239 g/mol. The molecular formula is C13H21NOS. The Labute approximate surface area is 101 Å². The number of hydrogen-bond donors (Lipinski definition) is 1. The predicted molar refractivity (Wildman–Crippen MR) is 70.1 cm³/mol. The first-order chi connectivity index (χ1) is 7.60. The summed E-state index contributed by atoms with van der Waals surface area (Å²) < 4.78 is 12.3. The molecule has 2 atom stereocenters. The van der Waals surface area contributed by atoms with Gasteiger partial charge in [0.1, 0.15) is 0 Å². The SMILES string of the molecule is CCC(CCN)S(=O)c1ccc(C)c(C)c1. The Balaban J connectivity index is 2.90. The van der Waals surface area contributed by atoms with Crippen LogP contribution in [0.15, 0.2) is 23.1 Å². The van der Waals surface area contributed by atoms with E-state index < -0.39 is 10.8 Å². The molecule has 3 heteroatoms. The van der Waals surface area contributed by atoms with Crippen molar-refractivity contribution in [1.82, 2.24) is 0 Å². The molecule has 0 saturated carbocycles. The maximum Gasteiger partial charge on any atom is 0.0561 e. The van der Waals surface area contributed by atoms with Crippen LogP contribution < -0.4 is 5.73 Å². The molecule has 1 aromatic rings. The molecule has 0 spiro atoms. The van der Waals surface area contributed by atoms with E-state index in [1.54, 1.807) is 0 Å². The van der Waals surface area contributed by atoms with Gasteiger partial charge < -0.3 is 5.73 Å². The standard InChI is InChI=1S/C13H21NOS/c1-4-12(7-8-14)16(15)13-6-5-10(2)11(3)9-13/h5-6,9,12H,4,7-8,14H2,1-3H3. The molecule has 0 aliphatic rings. The van der Waals surface area contributed by atoms with Crippen LogP contribution in [0.4, 0.5) is 0 Å². The molecule has 0 aliphatic heterocycles. The Morgan fingerprint density at radius 2 is 2.00 bits per heavy atom. The molecule has 0 aromatic heterocycles. The van der Waals surface area contributed by atoms with Crippen molar-refractivity contribution in [3.63, 3.8) is 0 Å². The van der Waals surface area contributed by atoms with Crippen LogP contribution in [0.2, 0.25) is 0 Å². The van der Waals surface area contributed by atoms with Gasteiger partial charge in [0, 0.05) is 10.1 Å². The fourth-order valence-electron chi connectivity index (χ4n) is 1.68. The van der Waals surface area contributed by atoms with Crippen molar-refractivity contribution < 1.29 is 4.21 Å². The Hall–Kier alpha value is -0.670. The van der Waals surface area contributed by atoms with Gasteiger partial charge in [-0.3, -0.25) is 4.21 Å². The average molecular weight is 239 g/mol. The molecular weight excluding hydrogens is 218 g/mol. The van der Waals surface area contributed by atoms with Crippen LogP contribution in [-0.2, 0) is 10.8 Å². The lowest BCUT2D eigenvalue weighted by atomic mass is 10.1. The minimum atomic E-state index is -0.920. The number of nitrogens with two attached hydrogens (primary N) is 1. The van der Waals surface area contributed by atoms with Gasteiger partial charge in [0.2, 0.25) is 0 Å². The lowest BCUT2D eigenvalue weighted by molar-refractivity contribution is 0.650. The summed E-state index contributed by atoms with van der Waals surface area (Å²) in [4.78, 5) is 0.934. The third-order valence-electron chi connectivity index (χ3n) is 2.96. The van der Waals surface area contributed by atoms with Crippen molar-refractivity contribution in [2.75, 3.05) is 6.54 Å². The Morgan fingerprint density at radius 1 is 1.31 bits per heavy atom. The number of rotatable bonds is 5. The first kappa shape index (κ1) is 13.4. The molecule has 2 N–H and O–H groups in total.